The lowest BCUT2D eigenvalue weighted by atomic mass is 10.2. The van der Waals surface area contributed by atoms with Crippen LogP contribution in [0.3, 0.4) is 0 Å². The third-order valence-corrected chi connectivity index (χ3v) is 4.86. The Morgan fingerprint density at radius 3 is 2.35 bits per heavy atom. The minimum Gasteiger partial charge on any atom is -0.325 e. The summed E-state index contributed by atoms with van der Waals surface area (Å²) in [6, 6.07) is 11.1. The molecule has 0 saturated heterocycles. The fourth-order valence-corrected chi connectivity index (χ4v) is 3.13. The Morgan fingerprint density at radius 2 is 1.78 bits per heavy atom. The van der Waals surface area contributed by atoms with Crippen molar-refractivity contribution in [2.75, 3.05) is 10.0 Å². The van der Waals surface area contributed by atoms with Crippen LogP contribution in [-0.2, 0) is 14.8 Å². The number of benzene rings is 2. The number of halogens is 1. The van der Waals surface area contributed by atoms with Gasteiger partial charge in [-0.1, -0.05) is 36.2 Å². The zero-order valence-corrected chi connectivity index (χ0v) is 14.3. The van der Waals surface area contributed by atoms with Gasteiger partial charge in [-0.3, -0.25) is 9.52 Å². The highest BCUT2D eigenvalue weighted by Gasteiger charge is 2.14. The number of hydrogen-bond acceptors (Lipinski definition) is 3. The molecular weight excluding hydrogens is 336 g/mol. The number of amides is 1. The molecule has 0 aliphatic carbocycles. The predicted molar refractivity (Wildman–Crippen MR) is 92.4 cm³/mol. The SMILES string of the molecule is CCC(=O)Nc1ccc(NS(=O)(=O)c2ccc(C)cc2)cc1Cl. The molecule has 2 rings (SSSR count). The van der Waals surface area contributed by atoms with E-state index in [2.05, 4.69) is 10.0 Å². The van der Waals surface area contributed by atoms with Crippen molar-refractivity contribution in [3.8, 4) is 0 Å². The van der Waals surface area contributed by atoms with Gasteiger partial charge in [-0.2, -0.15) is 0 Å². The van der Waals surface area contributed by atoms with Crippen LogP contribution in [-0.4, -0.2) is 14.3 Å². The molecule has 0 aliphatic heterocycles. The van der Waals surface area contributed by atoms with E-state index in [9.17, 15) is 13.2 Å². The molecule has 0 aromatic heterocycles. The number of rotatable bonds is 5. The van der Waals surface area contributed by atoms with Gasteiger partial charge < -0.3 is 5.32 Å². The molecule has 0 unspecified atom stereocenters. The Bertz CT molecular complexity index is 818. The lowest BCUT2D eigenvalue weighted by Gasteiger charge is -2.11. The molecular formula is C16H17ClN2O3S. The fraction of sp³-hybridized carbons (Fsp3) is 0.188. The Morgan fingerprint density at radius 1 is 1.13 bits per heavy atom. The summed E-state index contributed by atoms with van der Waals surface area (Å²) in [6.45, 7) is 3.61. The molecule has 0 atom stereocenters. The summed E-state index contributed by atoms with van der Waals surface area (Å²) in [5, 5.41) is 2.90. The van der Waals surface area contributed by atoms with Crippen molar-refractivity contribution in [2.24, 2.45) is 0 Å². The molecule has 5 nitrogen and oxygen atoms in total. The summed E-state index contributed by atoms with van der Waals surface area (Å²) in [6.07, 6.45) is 0.331. The van der Waals surface area contributed by atoms with Gasteiger partial charge in [0.15, 0.2) is 0 Å². The van der Waals surface area contributed by atoms with Crippen molar-refractivity contribution < 1.29 is 13.2 Å². The largest absolute Gasteiger partial charge is 0.325 e. The summed E-state index contributed by atoms with van der Waals surface area (Å²) in [7, 11) is -3.68. The van der Waals surface area contributed by atoms with Crippen molar-refractivity contribution >= 4 is 38.9 Å². The molecule has 0 fully saturated rings. The number of nitrogens with one attached hydrogen (secondary N) is 2. The summed E-state index contributed by atoms with van der Waals surface area (Å²) < 4.78 is 27.1. The van der Waals surface area contributed by atoms with E-state index in [1.807, 2.05) is 6.92 Å². The van der Waals surface area contributed by atoms with Crippen LogP contribution in [0.4, 0.5) is 11.4 Å². The van der Waals surface area contributed by atoms with Gasteiger partial charge in [0.05, 0.1) is 21.3 Å². The van der Waals surface area contributed by atoms with Crippen molar-refractivity contribution in [3.05, 3.63) is 53.1 Å². The Hall–Kier alpha value is -2.05. The molecule has 0 bridgehead atoms. The molecule has 7 heteroatoms. The van der Waals surface area contributed by atoms with Crippen molar-refractivity contribution in [1.82, 2.24) is 0 Å². The number of aryl methyl sites for hydroxylation is 1. The van der Waals surface area contributed by atoms with Crippen LogP contribution < -0.4 is 10.0 Å². The average molecular weight is 353 g/mol. The second-order valence-corrected chi connectivity index (χ2v) is 7.10. The minimum absolute atomic E-state index is 0.167. The summed E-state index contributed by atoms with van der Waals surface area (Å²) in [5.74, 6) is -0.167. The number of anilines is 2. The topological polar surface area (TPSA) is 75.3 Å². The van der Waals surface area contributed by atoms with Crippen LogP contribution in [0.5, 0.6) is 0 Å². The first-order chi connectivity index (χ1) is 10.8. The average Bonchev–Trinajstić information content (AvgIpc) is 2.50. The molecule has 0 heterocycles. The minimum atomic E-state index is -3.68. The van der Waals surface area contributed by atoms with Crippen LogP contribution in [0.15, 0.2) is 47.4 Å². The van der Waals surface area contributed by atoms with Crippen LogP contribution in [0.2, 0.25) is 5.02 Å². The molecule has 0 radical (unpaired) electrons. The van der Waals surface area contributed by atoms with Gasteiger partial charge in [0.2, 0.25) is 5.91 Å². The van der Waals surface area contributed by atoms with Gasteiger partial charge in [-0.25, -0.2) is 8.42 Å². The molecule has 2 aromatic carbocycles. The van der Waals surface area contributed by atoms with Crippen LogP contribution in [0, 0.1) is 6.92 Å². The van der Waals surface area contributed by atoms with Crippen LogP contribution in [0.1, 0.15) is 18.9 Å². The molecule has 23 heavy (non-hydrogen) atoms. The summed E-state index contributed by atoms with van der Waals surface area (Å²) in [5.41, 5.74) is 1.74. The number of carbonyl (C=O) groups is 1. The van der Waals surface area contributed by atoms with Gasteiger partial charge in [0.1, 0.15) is 0 Å². The third-order valence-electron chi connectivity index (χ3n) is 3.15. The van der Waals surface area contributed by atoms with E-state index in [0.717, 1.165) is 5.56 Å². The van der Waals surface area contributed by atoms with Crippen molar-refractivity contribution in [1.29, 1.82) is 0 Å². The first-order valence-electron chi connectivity index (χ1n) is 7.00. The second-order valence-electron chi connectivity index (χ2n) is 5.01. The van der Waals surface area contributed by atoms with E-state index in [0.29, 0.717) is 17.8 Å². The van der Waals surface area contributed by atoms with Crippen molar-refractivity contribution in [2.45, 2.75) is 25.2 Å². The highest BCUT2D eigenvalue weighted by molar-refractivity contribution is 7.92. The molecule has 0 spiro atoms. The second kappa shape index (κ2) is 7.02. The Balaban J connectivity index is 2.21. The zero-order chi connectivity index (χ0) is 17.0. The van der Waals surface area contributed by atoms with Gasteiger partial charge in [0, 0.05) is 6.42 Å². The zero-order valence-electron chi connectivity index (χ0n) is 12.8. The summed E-state index contributed by atoms with van der Waals surface area (Å²) >= 11 is 6.08. The molecule has 0 aliphatic rings. The predicted octanol–water partition coefficient (Wildman–Crippen LogP) is 3.80. The van der Waals surface area contributed by atoms with Crippen molar-refractivity contribution in [3.63, 3.8) is 0 Å². The molecule has 122 valence electrons. The highest BCUT2D eigenvalue weighted by atomic mass is 35.5. The van der Waals surface area contributed by atoms with E-state index in [1.54, 1.807) is 31.2 Å². The first-order valence-corrected chi connectivity index (χ1v) is 8.87. The molecule has 0 saturated carbocycles. The first kappa shape index (κ1) is 17.3. The van der Waals surface area contributed by atoms with E-state index in [4.69, 9.17) is 11.6 Å². The van der Waals surface area contributed by atoms with E-state index in [1.165, 1.54) is 18.2 Å². The van der Waals surface area contributed by atoms with E-state index < -0.39 is 10.0 Å². The number of hydrogen-bond donors (Lipinski definition) is 2. The maximum Gasteiger partial charge on any atom is 0.261 e. The van der Waals surface area contributed by atoms with E-state index in [-0.39, 0.29) is 15.8 Å². The van der Waals surface area contributed by atoms with Gasteiger partial charge in [-0.05, 0) is 37.3 Å². The smallest absolute Gasteiger partial charge is 0.261 e. The lowest BCUT2D eigenvalue weighted by Crippen LogP contribution is -2.13. The van der Waals surface area contributed by atoms with Gasteiger partial charge >= 0.3 is 0 Å². The standard InChI is InChI=1S/C16H17ClN2O3S/c1-3-16(20)18-15-9-6-12(10-14(15)17)19-23(21,22)13-7-4-11(2)5-8-13/h4-10,19H,3H2,1-2H3,(H,18,20). The number of carbonyl (C=O) groups excluding carboxylic acids is 1. The van der Waals surface area contributed by atoms with Crippen LogP contribution >= 0.6 is 11.6 Å². The fourth-order valence-electron chi connectivity index (χ4n) is 1.85. The lowest BCUT2D eigenvalue weighted by molar-refractivity contribution is -0.115. The monoisotopic (exact) mass is 352 g/mol. The molecule has 2 aromatic rings. The Kier molecular flexibility index (Phi) is 5.28. The quantitative estimate of drug-likeness (QED) is 0.859. The maximum absolute atomic E-state index is 12.3. The highest BCUT2D eigenvalue weighted by Crippen LogP contribution is 2.27. The maximum atomic E-state index is 12.3. The normalized spacial score (nSPS) is 11.1. The molecule has 1 amide bonds. The van der Waals surface area contributed by atoms with Crippen LogP contribution in [0.25, 0.3) is 0 Å². The number of sulfonamides is 1. The van der Waals surface area contributed by atoms with E-state index >= 15 is 0 Å². The third kappa shape index (κ3) is 4.46. The Labute approximate surface area is 140 Å². The van der Waals surface area contributed by atoms with Gasteiger partial charge in [0.25, 0.3) is 10.0 Å². The summed E-state index contributed by atoms with van der Waals surface area (Å²) in [4.78, 5) is 11.5. The van der Waals surface area contributed by atoms with Gasteiger partial charge in [-0.15, -0.1) is 0 Å². The molecule has 2 N–H and O–H groups in total.